The standard InChI is InChI=1S/C24H26F5N5O2S/c1-2-14-8-20(15-3-4-16(19(26)7-15)13-37(35,36)6-5-24(27,28)29)33-21-12-31-23(34-22(14)21)32-18-9-17(25)10-30-11-18/h3-4,7-8,12,17-18,30H,2,5-6,9-11,13H2,1H3,(H,31,32,34)/t17-,18-/m0/s1. The van der Waals surface area contributed by atoms with E-state index < -0.39 is 45.9 Å². The van der Waals surface area contributed by atoms with E-state index in [9.17, 15) is 30.4 Å². The molecule has 1 aromatic carbocycles. The lowest BCUT2D eigenvalue weighted by Crippen LogP contribution is -2.44. The van der Waals surface area contributed by atoms with E-state index in [0.29, 0.717) is 54.2 Å². The van der Waals surface area contributed by atoms with E-state index in [1.807, 2.05) is 6.92 Å². The van der Waals surface area contributed by atoms with Crippen molar-refractivity contribution >= 4 is 26.8 Å². The van der Waals surface area contributed by atoms with E-state index in [2.05, 4.69) is 25.6 Å². The molecule has 0 radical (unpaired) electrons. The second-order valence-corrected chi connectivity index (χ2v) is 11.2. The van der Waals surface area contributed by atoms with Crippen LogP contribution in [0.1, 0.15) is 30.9 Å². The Labute approximate surface area is 210 Å². The Hall–Kier alpha value is -2.93. The lowest BCUT2D eigenvalue weighted by molar-refractivity contribution is -0.129. The number of benzene rings is 1. The number of nitrogens with one attached hydrogen (secondary N) is 2. The normalized spacial score (nSPS) is 18.8. The highest BCUT2D eigenvalue weighted by atomic mass is 32.2. The molecule has 1 fully saturated rings. The van der Waals surface area contributed by atoms with Gasteiger partial charge in [-0.05, 0) is 24.1 Å². The molecule has 13 heteroatoms. The fraction of sp³-hybridized carbons (Fsp3) is 0.458. The van der Waals surface area contributed by atoms with Crippen molar-refractivity contribution < 1.29 is 30.4 Å². The summed E-state index contributed by atoms with van der Waals surface area (Å²) in [6.45, 7) is 2.83. The number of anilines is 1. The van der Waals surface area contributed by atoms with E-state index in [4.69, 9.17) is 0 Å². The van der Waals surface area contributed by atoms with Gasteiger partial charge in [-0.15, -0.1) is 0 Å². The van der Waals surface area contributed by atoms with Crippen LogP contribution in [0.3, 0.4) is 0 Å². The third-order valence-electron chi connectivity index (χ3n) is 6.06. The predicted molar refractivity (Wildman–Crippen MR) is 130 cm³/mol. The average Bonchev–Trinajstić information content (AvgIpc) is 2.83. The van der Waals surface area contributed by atoms with Crippen molar-refractivity contribution in [2.45, 2.75) is 50.3 Å². The molecule has 1 aliphatic rings. The Kier molecular flexibility index (Phi) is 7.93. The largest absolute Gasteiger partial charge is 0.390 e. The molecule has 0 bridgehead atoms. The van der Waals surface area contributed by atoms with Gasteiger partial charge in [0.1, 0.15) is 17.5 Å². The van der Waals surface area contributed by atoms with Crippen molar-refractivity contribution in [2.75, 3.05) is 24.2 Å². The summed E-state index contributed by atoms with van der Waals surface area (Å²) in [7, 11) is -4.15. The predicted octanol–water partition coefficient (Wildman–Crippen LogP) is 4.37. The summed E-state index contributed by atoms with van der Waals surface area (Å²) >= 11 is 0. The maximum Gasteiger partial charge on any atom is 0.390 e. The third-order valence-corrected chi connectivity index (χ3v) is 7.63. The van der Waals surface area contributed by atoms with Crippen LogP contribution in [0.4, 0.5) is 27.9 Å². The monoisotopic (exact) mass is 543 g/mol. The second kappa shape index (κ2) is 10.8. The van der Waals surface area contributed by atoms with Gasteiger partial charge in [0.15, 0.2) is 9.84 Å². The number of rotatable bonds is 8. The van der Waals surface area contributed by atoms with Gasteiger partial charge < -0.3 is 10.6 Å². The van der Waals surface area contributed by atoms with Crippen molar-refractivity contribution in [3.05, 3.63) is 47.4 Å². The molecule has 0 amide bonds. The molecule has 37 heavy (non-hydrogen) atoms. The highest BCUT2D eigenvalue weighted by molar-refractivity contribution is 7.90. The molecule has 200 valence electrons. The lowest BCUT2D eigenvalue weighted by atomic mass is 10.0. The summed E-state index contributed by atoms with van der Waals surface area (Å²) in [6.07, 6.45) is -4.60. The Morgan fingerprint density at radius 3 is 2.59 bits per heavy atom. The highest BCUT2D eigenvalue weighted by Gasteiger charge is 2.30. The van der Waals surface area contributed by atoms with Gasteiger partial charge in [-0.1, -0.05) is 19.1 Å². The summed E-state index contributed by atoms with van der Waals surface area (Å²) in [5.74, 6) is -2.44. The summed E-state index contributed by atoms with van der Waals surface area (Å²) in [5.41, 5.74) is 2.44. The number of nitrogens with zero attached hydrogens (tertiary/aromatic N) is 3. The van der Waals surface area contributed by atoms with Crippen LogP contribution in [-0.4, -0.2) is 60.6 Å². The number of aromatic nitrogens is 3. The van der Waals surface area contributed by atoms with Gasteiger partial charge in [0.25, 0.3) is 0 Å². The van der Waals surface area contributed by atoms with Crippen LogP contribution in [0.5, 0.6) is 0 Å². The molecule has 3 heterocycles. The molecule has 0 unspecified atom stereocenters. The summed E-state index contributed by atoms with van der Waals surface area (Å²) in [5, 5.41) is 6.15. The van der Waals surface area contributed by atoms with Crippen LogP contribution in [0.2, 0.25) is 0 Å². The van der Waals surface area contributed by atoms with Gasteiger partial charge in [0, 0.05) is 36.7 Å². The summed E-state index contributed by atoms with van der Waals surface area (Å²) in [4.78, 5) is 13.4. The lowest BCUT2D eigenvalue weighted by Gasteiger charge is -2.26. The highest BCUT2D eigenvalue weighted by Crippen LogP contribution is 2.27. The van der Waals surface area contributed by atoms with Crippen molar-refractivity contribution in [3.8, 4) is 11.3 Å². The summed E-state index contributed by atoms with van der Waals surface area (Å²) in [6, 6.07) is 5.42. The number of sulfone groups is 1. The smallest absolute Gasteiger partial charge is 0.350 e. The Morgan fingerprint density at radius 2 is 1.92 bits per heavy atom. The van der Waals surface area contributed by atoms with Gasteiger partial charge >= 0.3 is 6.18 Å². The van der Waals surface area contributed by atoms with E-state index in [0.717, 1.165) is 11.6 Å². The minimum absolute atomic E-state index is 0.155. The van der Waals surface area contributed by atoms with Gasteiger partial charge in [-0.2, -0.15) is 13.2 Å². The number of pyridine rings is 1. The van der Waals surface area contributed by atoms with E-state index >= 15 is 0 Å². The zero-order valence-corrected chi connectivity index (χ0v) is 20.8. The fourth-order valence-electron chi connectivity index (χ4n) is 4.16. The van der Waals surface area contributed by atoms with Gasteiger partial charge in [0.05, 0.1) is 35.3 Å². The Balaban J connectivity index is 1.56. The van der Waals surface area contributed by atoms with Crippen LogP contribution >= 0.6 is 0 Å². The summed E-state index contributed by atoms with van der Waals surface area (Å²) < 4.78 is 89.7. The fourth-order valence-corrected chi connectivity index (χ4v) is 5.56. The SMILES string of the molecule is CCc1cc(-c2ccc(CS(=O)(=O)CCC(F)(F)F)c(F)c2)nc2cnc(N[C@@H]3CNC[C@@H](F)C3)nc12. The zero-order chi connectivity index (χ0) is 26.8. The first kappa shape index (κ1) is 27.1. The quantitative estimate of drug-likeness (QED) is 0.407. The number of alkyl halides is 4. The molecule has 1 aliphatic heterocycles. The molecule has 2 aromatic heterocycles. The maximum atomic E-state index is 14.8. The van der Waals surface area contributed by atoms with E-state index in [-0.39, 0.29) is 11.6 Å². The zero-order valence-electron chi connectivity index (χ0n) is 19.9. The molecular weight excluding hydrogens is 517 g/mol. The van der Waals surface area contributed by atoms with Crippen molar-refractivity contribution in [3.63, 3.8) is 0 Å². The first-order valence-electron chi connectivity index (χ1n) is 11.8. The van der Waals surface area contributed by atoms with Crippen molar-refractivity contribution in [2.24, 2.45) is 0 Å². The molecular formula is C24H26F5N5O2S. The molecule has 0 saturated carbocycles. The van der Waals surface area contributed by atoms with E-state index in [1.54, 1.807) is 6.07 Å². The minimum atomic E-state index is -4.61. The average molecular weight is 544 g/mol. The third kappa shape index (κ3) is 7.10. The van der Waals surface area contributed by atoms with E-state index in [1.165, 1.54) is 18.3 Å². The second-order valence-electron chi connectivity index (χ2n) is 9.04. The Morgan fingerprint density at radius 1 is 1.14 bits per heavy atom. The molecule has 4 rings (SSSR count). The maximum absolute atomic E-state index is 14.8. The van der Waals surface area contributed by atoms with Crippen LogP contribution in [0.15, 0.2) is 30.5 Å². The van der Waals surface area contributed by atoms with Crippen LogP contribution in [0.25, 0.3) is 22.3 Å². The van der Waals surface area contributed by atoms with Crippen molar-refractivity contribution in [1.29, 1.82) is 0 Å². The molecule has 7 nitrogen and oxygen atoms in total. The van der Waals surface area contributed by atoms with Crippen LogP contribution in [-0.2, 0) is 22.0 Å². The molecule has 1 saturated heterocycles. The first-order valence-corrected chi connectivity index (χ1v) is 13.6. The number of fused-ring (bicyclic) bond motifs is 1. The molecule has 3 aromatic rings. The number of hydrogen-bond donors (Lipinski definition) is 2. The molecule has 0 aliphatic carbocycles. The number of piperidine rings is 1. The molecule has 2 N–H and O–H groups in total. The van der Waals surface area contributed by atoms with Crippen LogP contribution < -0.4 is 10.6 Å². The van der Waals surface area contributed by atoms with Gasteiger partial charge in [-0.3, -0.25) is 0 Å². The van der Waals surface area contributed by atoms with Crippen molar-refractivity contribution in [1.82, 2.24) is 20.3 Å². The number of halogens is 5. The van der Waals surface area contributed by atoms with Gasteiger partial charge in [-0.25, -0.2) is 32.2 Å². The molecule has 2 atom stereocenters. The first-order chi connectivity index (χ1) is 17.4. The number of hydrogen-bond acceptors (Lipinski definition) is 7. The van der Waals surface area contributed by atoms with Crippen LogP contribution in [0, 0.1) is 5.82 Å². The topological polar surface area (TPSA) is 96.9 Å². The minimum Gasteiger partial charge on any atom is -0.350 e. The number of aryl methyl sites for hydroxylation is 1. The molecule has 0 spiro atoms. The Bertz CT molecular complexity index is 1380. The van der Waals surface area contributed by atoms with Gasteiger partial charge in [0.2, 0.25) is 5.95 Å².